The van der Waals surface area contributed by atoms with Gasteiger partial charge in [-0.3, -0.25) is 19.5 Å². The first-order chi connectivity index (χ1) is 10.1. The maximum Gasteiger partial charge on any atom is 0.263 e. The molecule has 0 saturated heterocycles. The molecule has 0 saturated carbocycles. The third-order valence-electron chi connectivity index (χ3n) is 3.98. The predicted molar refractivity (Wildman–Crippen MR) is 81.4 cm³/mol. The van der Waals surface area contributed by atoms with Crippen molar-refractivity contribution in [3.63, 3.8) is 0 Å². The van der Waals surface area contributed by atoms with E-state index in [9.17, 15) is 9.59 Å². The van der Waals surface area contributed by atoms with Gasteiger partial charge in [0.15, 0.2) is 0 Å². The summed E-state index contributed by atoms with van der Waals surface area (Å²) in [6.07, 6.45) is 2.93. The molecule has 0 spiro atoms. The Morgan fingerprint density at radius 3 is 2.52 bits per heavy atom. The van der Waals surface area contributed by atoms with Gasteiger partial charge in [-0.15, -0.1) is 0 Å². The second-order valence-electron chi connectivity index (χ2n) is 5.43. The maximum atomic E-state index is 12.6. The van der Waals surface area contributed by atoms with E-state index in [0.29, 0.717) is 23.4 Å². The summed E-state index contributed by atoms with van der Waals surface area (Å²) in [4.78, 5) is 31.0. The van der Waals surface area contributed by atoms with Gasteiger partial charge < -0.3 is 0 Å². The van der Waals surface area contributed by atoms with Crippen molar-refractivity contribution in [2.24, 2.45) is 0 Å². The van der Waals surface area contributed by atoms with Crippen LogP contribution in [0.25, 0.3) is 10.9 Å². The number of carbonyl (C=O) groups is 2. The zero-order valence-corrected chi connectivity index (χ0v) is 12.3. The molecule has 1 aromatic carbocycles. The highest BCUT2D eigenvalue weighted by Gasteiger charge is 2.38. The number of aryl methyl sites for hydroxylation is 1. The average Bonchev–Trinajstić information content (AvgIpc) is 2.73. The molecule has 0 aliphatic carbocycles. The Bertz CT molecular complexity index is 737. The zero-order chi connectivity index (χ0) is 15.0. The number of para-hydroxylation sites is 1. The predicted octanol–water partition coefficient (Wildman–Crippen LogP) is 3.33. The summed E-state index contributed by atoms with van der Waals surface area (Å²) < 4.78 is 0. The van der Waals surface area contributed by atoms with E-state index in [4.69, 9.17) is 0 Å². The standard InChI is InChI=1S/C17H18N2O2/c1-3-4-7-10-19-16(20)14-11(2)18-13-9-6-5-8-12(13)15(14)17(19)21/h5-6,8-9H,3-4,7,10H2,1-2H3. The highest BCUT2D eigenvalue weighted by molar-refractivity contribution is 6.26. The molecule has 1 aliphatic heterocycles. The second-order valence-corrected chi connectivity index (χ2v) is 5.43. The number of hydrogen-bond acceptors (Lipinski definition) is 3. The Labute approximate surface area is 123 Å². The van der Waals surface area contributed by atoms with E-state index in [2.05, 4.69) is 11.9 Å². The largest absolute Gasteiger partial charge is 0.274 e. The van der Waals surface area contributed by atoms with Gasteiger partial charge in [0, 0.05) is 11.9 Å². The van der Waals surface area contributed by atoms with E-state index in [1.807, 2.05) is 24.3 Å². The molecule has 1 aromatic heterocycles. The lowest BCUT2D eigenvalue weighted by Gasteiger charge is -2.12. The monoisotopic (exact) mass is 282 g/mol. The highest BCUT2D eigenvalue weighted by Crippen LogP contribution is 2.31. The number of amides is 2. The number of carbonyl (C=O) groups excluding carboxylic acids is 2. The minimum Gasteiger partial charge on any atom is -0.274 e. The van der Waals surface area contributed by atoms with Crippen LogP contribution in [0.2, 0.25) is 0 Å². The first-order valence-corrected chi connectivity index (χ1v) is 7.40. The normalized spacial score (nSPS) is 14.1. The first kappa shape index (κ1) is 13.7. The fourth-order valence-electron chi connectivity index (χ4n) is 2.90. The minimum absolute atomic E-state index is 0.173. The van der Waals surface area contributed by atoms with Crippen LogP contribution in [0.4, 0.5) is 0 Å². The number of pyridine rings is 1. The molecular weight excluding hydrogens is 264 g/mol. The maximum absolute atomic E-state index is 12.6. The lowest BCUT2D eigenvalue weighted by Crippen LogP contribution is -2.30. The van der Waals surface area contributed by atoms with Gasteiger partial charge in [-0.05, 0) is 19.4 Å². The van der Waals surface area contributed by atoms with Gasteiger partial charge in [0.25, 0.3) is 11.8 Å². The molecular formula is C17H18N2O2. The van der Waals surface area contributed by atoms with Gasteiger partial charge in [0.05, 0.1) is 22.3 Å². The van der Waals surface area contributed by atoms with E-state index in [0.717, 1.165) is 30.2 Å². The topological polar surface area (TPSA) is 50.3 Å². The number of fused-ring (bicyclic) bond motifs is 3. The average molecular weight is 282 g/mol. The van der Waals surface area contributed by atoms with Gasteiger partial charge in [0.2, 0.25) is 0 Å². The fourth-order valence-corrected chi connectivity index (χ4v) is 2.90. The Morgan fingerprint density at radius 1 is 1.05 bits per heavy atom. The van der Waals surface area contributed by atoms with Gasteiger partial charge in [-0.25, -0.2) is 0 Å². The van der Waals surface area contributed by atoms with Crippen LogP contribution < -0.4 is 0 Å². The molecule has 2 heterocycles. The smallest absolute Gasteiger partial charge is 0.263 e. The molecule has 0 fully saturated rings. The van der Waals surface area contributed by atoms with Crippen molar-refractivity contribution in [3.8, 4) is 0 Å². The van der Waals surface area contributed by atoms with Crippen molar-refractivity contribution >= 4 is 22.7 Å². The lowest BCUT2D eigenvalue weighted by atomic mass is 10.0. The molecule has 2 amide bonds. The number of aromatic nitrogens is 1. The van der Waals surface area contributed by atoms with Crippen molar-refractivity contribution in [2.75, 3.05) is 6.54 Å². The van der Waals surface area contributed by atoms with Crippen LogP contribution in [-0.4, -0.2) is 28.2 Å². The second kappa shape index (κ2) is 5.28. The number of benzene rings is 1. The van der Waals surface area contributed by atoms with Crippen LogP contribution in [0, 0.1) is 6.92 Å². The van der Waals surface area contributed by atoms with Crippen molar-refractivity contribution in [1.29, 1.82) is 0 Å². The summed E-state index contributed by atoms with van der Waals surface area (Å²) in [5.41, 5.74) is 2.42. The van der Waals surface area contributed by atoms with E-state index in [1.165, 1.54) is 4.90 Å². The number of rotatable bonds is 4. The first-order valence-electron chi connectivity index (χ1n) is 7.40. The van der Waals surface area contributed by atoms with Crippen LogP contribution >= 0.6 is 0 Å². The van der Waals surface area contributed by atoms with E-state index in [-0.39, 0.29) is 11.8 Å². The van der Waals surface area contributed by atoms with Gasteiger partial charge >= 0.3 is 0 Å². The van der Waals surface area contributed by atoms with Crippen molar-refractivity contribution in [2.45, 2.75) is 33.1 Å². The molecule has 2 aromatic rings. The van der Waals surface area contributed by atoms with Crippen LogP contribution in [-0.2, 0) is 0 Å². The summed E-state index contributed by atoms with van der Waals surface area (Å²) in [5.74, 6) is -0.366. The number of unbranched alkanes of at least 4 members (excludes halogenated alkanes) is 2. The highest BCUT2D eigenvalue weighted by atomic mass is 16.2. The van der Waals surface area contributed by atoms with Crippen LogP contribution in [0.5, 0.6) is 0 Å². The molecule has 4 nitrogen and oxygen atoms in total. The van der Waals surface area contributed by atoms with Crippen LogP contribution in [0.15, 0.2) is 24.3 Å². The summed E-state index contributed by atoms with van der Waals surface area (Å²) in [5, 5.41) is 0.773. The van der Waals surface area contributed by atoms with E-state index < -0.39 is 0 Å². The summed E-state index contributed by atoms with van der Waals surface area (Å²) in [6, 6.07) is 7.50. The molecule has 4 heteroatoms. The van der Waals surface area contributed by atoms with Crippen molar-refractivity contribution < 1.29 is 9.59 Å². The Balaban J connectivity index is 2.09. The molecule has 0 N–H and O–H groups in total. The molecule has 1 aliphatic rings. The Morgan fingerprint density at radius 2 is 1.76 bits per heavy atom. The van der Waals surface area contributed by atoms with Crippen LogP contribution in [0.1, 0.15) is 52.6 Å². The van der Waals surface area contributed by atoms with Crippen LogP contribution in [0.3, 0.4) is 0 Å². The Hall–Kier alpha value is -2.23. The third kappa shape index (κ3) is 2.11. The number of nitrogens with zero attached hydrogens (tertiary/aromatic N) is 2. The van der Waals surface area contributed by atoms with Gasteiger partial charge in [-0.1, -0.05) is 38.0 Å². The van der Waals surface area contributed by atoms with E-state index >= 15 is 0 Å². The van der Waals surface area contributed by atoms with Gasteiger partial charge in [-0.2, -0.15) is 0 Å². The number of hydrogen-bond donors (Lipinski definition) is 0. The van der Waals surface area contributed by atoms with Gasteiger partial charge in [0.1, 0.15) is 0 Å². The summed E-state index contributed by atoms with van der Waals surface area (Å²) in [6.45, 7) is 4.39. The molecule has 108 valence electrons. The SMILES string of the molecule is CCCCCN1C(=O)c2c(C)nc3ccccc3c2C1=O. The van der Waals surface area contributed by atoms with E-state index in [1.54, 1.807) is 6.92 Å². The molecule has 0 unspecified atom stereocenters. The number of imide groups is 1. The fraction of sp³-hybridized carbons (Fsp3) is 0.353. The van der Waals surface area contributed by atoms with Crippen molar-refractivity contribution in [1.82, 2.24) is 9.88 Å². The zero-order valence-electron chi connectivity index (χ0n) is 12.3. The lowest BCUT2D eigenvalue weighted by molar-refractivity contribution is 0.0652. The quantitative estimate of drug-likeness (QED) is 0.638. The molecule has 0 atom stereocenters. The molecule has 0 bridgehead atoms. The molecule has 21 heavy (non-hydrogen) atoms. The minimum atomic E-state index is -0.193. The summed E-state index contributed by atoms with van der Waals surface area (Å²) >= 11 is 0. The molecule has 3 rings (SSSR count). The third-order valence-corrected chi connectivity index (χ3v) is 3.98. The summed E-state index contributed by atoms with van der Waals surface area (Å²) in [7, 11) is 0. The van der Waals surface area contributed by atoms with Crippen molar-refractivity contribution in [3.05, 3.63) is 41.1 Å². The Kier molecular flexibility index (Phi) is 3.45. The molecule has 0 radical (unpaired) electrons.